The zero-order valence-electron chi connectivity index (χ0n) is 19.8. The van der Waals surface area contributed by atoms with Crippen LogP contribution in [-0.4, -0.2) is 16.8 Å². The predicted octanol–water partition coefficient (Wildman–Crippen LogP) is 8.05. The maximum Gasteiger partial charge on any atom is 0.335 e. The molecular formula is C32H27NO2. The molecule has 3 nitrogen and oxygen atoms in total. The molecule has 1 N–H and O–H groups in total. The summed E-state index contributed by atoms with van der Waals surface area (Å²) in [6.45, 7) is 2.41. The molecule has 1 heterocycles. The molecule has 4 aliphatic rings. The average Bonchev–Trinajstić information content (AvgIpc) is 3.26. The Balaban J connectivity index is 0.000000133. The molecule has 0 spiro atoms. The Morgan fingerprint density at radius 3 is 2.83 bits per heavy atom. The largest absolute Gasteiger partial charge is 0.478 e. The van der Waals surface area contributed by atoms with Gasteiger partial charge in [0.15, 0.2) is 0 Å². The van der Waals surface area contributed by atoms with Gasteiger partial charge in [0.1, 0.15) is 0 Å². The van der Waals surface area contributed by atoms with E-state index < -0.39 is 5.97 Å². The highest BCUT2D eigenvalue weighted by molar-refractivity contribution is 6.30. The molecule has 0 bridgehead atoms. The van der Waals surface area contributed by atoms with Crippen LogP contribution in [0.4, 0.5) is 5.69 Å². The highest BCUT2D eigenvalue weighted by Crippen LogP contribution is 2.47. The third-order valence-corrected chi connectivity index (χ3v) is 7.69. The van der Waals surface area contributed by atoms with Crippen LogP contribution in [0.2, 0.25) is 0 Å². The average molecular weight is 458 g/mol. The maximum absolute atomic E-state index is 10.9. The lowest BCUT2D eigenvalue weighted by atomic mass is 9.65. The number of benzene rings is 3. The Hall–Kier alpha value is -3.98. The number of fused-ring (bicyclic) bond motifs is 8. The quantitative estimate of drug-likeness (QED) is 0.402. The van der Waals surface area contributed by atoms with Crippen molar-refractivity contribution in [1.29, 1.82) is 0 Å². The van der Waals surface area contributed by atoms with Gasteiger partial charge in [-0.15, -0.1) is 0 Å². The number of hydrogen-bond acceptors (Lipinski definition) is 2. The van der Waals surface area contributed by atoms with Gasteiger partial charge in [-0.3, -0.25) is 4.99 Å². The smallest absolute Gasteiger partial charge is 0.335 e. The Kier molecular flexibility index (Phi) is 5.14. The van der Waals surface area contributed by atoms with Gasteiger partial charge in [-0.25, -0.2) is 4.79 Å². The summed E-state index contributed by atoms with van der Waals surface area (Å²) in [5.74, 6) is -0.900. The molecule has 7 rings (SSSR count). The second-order valence-electron chi connectivity index (χ2n) is 9.77. The fourth-order valence-corrected chi connectivity index (χ4v) is 5.78. The molecule has 1 aliphatic heterocycles. The van der Waals surface area contributed by atoms with Crippen LogP contribution >= 0.6 is 0 Å². The van der Waals surface area contributed by atoms with Gasteiger partial charge in [-0.05, 0) is 64.9 Å². The Labute approximate surface area is 205 Å². The lowest BCUT2D eigenvalue weighted by molar-refractivity contribution is 0.0697. The molecule has 3 heteroatoms. The molecule has 172 valence electrons. The molecule has 0 amide bonds. The zero-order chi connectivity index (χ0) is 24.0. The zero-order valence-corrected chi connectivity index (χ0v) is 19.8. The fraction of sp³-hybridized carbons (Fsp3) is 0.188. The number of rotatable bonds is 1. The van der Waals surface area contributed by atoms with E-state index in [1.165, 1.54) is 46.7 Å². The lowest BCUT2D eigenvalue weighted by Gasteiger charge is -2.39. The van der Waals surface area contributed by atoms with Crippen molar-refractivity contribution < 1.29 is 9.90 Å². The minimum absolute atomic E-state index is 0.229. The van der Waals surface area contributed by atoms with Crippen LogP contribution in [0.25, 0.3) is 22.4 Å². The Morgan fingerprint density at radius 2 is 1.94 bits per heavy atom. The van der Waals surface area contributed by atoms with E-state index in [1.807, 2.05) is 18.2 Å². The normalized spacial score (nSPS) is 20.9. The molecule has 0 radical (unpaired) electrons. The molecule has 0 aromatic heterocycles. The van der Waals surface area contributed by atoms with E-state index in [4.69, 9.17) is 5.11 Å². The van der Waals surface area contributed by atoms with E-state index in [1.54, 1.807) is 18.2 Å². The minimum atomic E-state index is -0.900. The van der Waals surface area contributed by atoms with Crippen LogP contribution in [0.3, 0.4) is 0 Å². The van der Waals surface area contributed by atoms with E-state index in [2.05, 4.69) is 66.5 Å². The van der Waals surface area contributed by atoms with Crippen LogP contribution in [-0.2, 0) is 5.41 Å². The SMILES string of the molecule is CC12CCCC=C1C=Cc1c2ccc2ccccc12.O=C(O)c1ccc2c(c1)C1=CC=CCC1=N2. The summed E-state index contributed by atoms with van der Waals surface area (Å²) in [7, 11) is 0. The van der Waals surface area contributed by atoms with E-state index in [0.29, 0.717) is 5.56 Å². The maximum atomic E-state index is 10.9. The van der Waals surface area contributed by atoms with Gasteiger partial charge in [0.2, 0.25) is 0 Å². The molecule has 3 aromatic rings. The summed E-state index contributed by atoms with van der Waals surface area (Å²) < 4.78 is 0. The summed E-state index contributed by atoms with van der Waals surface area (Å²) in [5, 5.41) is 11.7. The van der Waals surface area contributed by atoms with Gasteiger partial charge < -0.3 is 5.11 Å². The molecule has 1 unspecified atom stereocenters. The van der Waals surface area contributed by atoms with Crippen LogP contribution < -0.4 is 0 Å². The van der Waals surface area contributed by atoms with Crippen molar-refractivity contribution >= 4 is 39.8 Å². The van der Waals surface area contributed by atoms with Crippen molar-refractivity contribution in [2.45, 2.75) is 38.0 Å². The van der Waals surface area contributed by atoms with Gasteiger partial charge in [-0.2, -0.15) is 0 Å². The highest BCUT2D eigenvalue weighted by Gasteiger charge is 2.35. The van der Waals surface area contributed by atoms with Gasteiger partial charge >= 0.3 is 5.97 Å². The monoisotopic (exact) mass is 457 g/mol. The number of aliphatic imine (C=N–C) groups is 1. The number of carbonyl (C=O) groups is 1. The van der Waals surface area contributed by atoms with Gasteiger partial charge in [0, 0.05) is 23.0 Å². The summed E-state index contributed by atoms with van der Waals surface area (Å²) in [4.78, 5) is 15.4. The first-order valence-electron chi connectivity index (χ1n) is 12.3. The first-order valence-corrected chi connectivity index (χ1v) is 12.3. The number of carboxylic acid groups (broad SMARTS) is 1. The second kappa shape index (κ2) is 8.35. The van der Waals surface area contributed by atoms with Crippen LogP contribution in [0, 0.1) is 0 Å². The van der Waals surface area contributed by atoms with E-state index in [9.17, 15) is 4.79 Å². The number of allylic oxidation sites excluding steroid dienone is 7. The minimum Gasteiger partial charge on any atom is -0.478 e. The van der Waals surface area contributed by atoms with Crippen molar-refractivity contribution in [2.75, 3.05) is 0 Å². The molecule has 1 atom stereocenters. The van der Waals surface area contributed by atoms with E-state index in [-0.39, 0.29) is 5.41 Å². The van der Waals surface area contributed by atoms with Gasteiger partial charge in [0.05, 0.1) is 17.0 Å². The van der Waals surface area contributed by atoms with Crippen molar-refractivity contribution in [1.82, 2.24) is 0 Å². The number of carboxylic acids is 1. The van der Waals surface area contributed by atoms with Gasteiger partial charge in [0.25, 0.3) is 0 Å². The van der Waals surface area contributed by atoms with Gasteiger partial charge in [-0.1, -0.05) is 79.8 Å². The number of nitrogens with zero attached hydrogens (tertiary/aromatic N) is 1. The summed E-state index contributed by atoms with van der Waals surface area (Å²) in [6.07, 6.45) is 17.7. The van der Waals surface area contributed by atoms with Crippen molar-refractivity contribution in [3.05, 3.63) is 113 Å². The molecule has 3 aromatic carbocycles. The predicted molar refractivity (Wildman–Crippen MR) is 144 cm³/mol. The van der Waals surface area contributed by atoms with E-state index >= 15 is 0 Å². The lowest BCUT2D eigenvalue weighted by Crippen LogP contribution is -2.29. The standard InChI is InChI=1S/C19H18.C13H9NO2/c1-19-13-5-4-7-15(19)10-11-17-16-8-3-2-6-14(16)9-12-18(17)19;15-13(16)8-5-6-12-10(7-8)9-3-1-2-4-11(9)14-12/h2-3,6-12H,4-5,13H2,1H3;1-3,5-7H,4H2,(H,15,16). The van der Waals surface area contributed by atoms with Crippen LogP contribution in [0.1, 0.15) is 59.7 Å². The van der Waals surface area contributed by atoms with Crippen LogP contribution in [0.5, 0.6) is 0 Å². The van der Waals surface area contributed by atoms with Crippen molar-refractivity contribution in [3.63, 3.8) is 0 Å². The molecule has 0 saturated carbocycles. The molecule has 0 saturated heterocycles. The molecule has 35 heavy (non-hydrogen) atoms. The second-order valence-corrected chi connectivity index (χ2v) is 9.77. The summed E-state index contributed by atoms with van der Waals surface area (Å²) in [6, 6.07) is 18.4. The highest BCUT2D eigenvalue weighted by atomic mass is 16.4. The Bertz CT molecular complexity index is 1530. The third-order valence-electron chi connectivity index (χ3n) is 7.69. The number of aromatic carboxylic acids is 1. The van der Waals surface area contributed by atoms with Crippen molar-refractivity contribution in [2.24, 2.45) is 4.99 Å². The molecular weight excluding hydrogens is 430 g/mol. The fourth-order valence-electron chi connectivity index (χ4n) is 5.78. The molecule has 0 fully saturated rings. The number of hydrogen-bond donors (Lipinski definition) is 1. The van der Waals surface area contributed by atoms with Crippen molar-refractivity contribution in [3.8, 4) is 0 Å². The summed E-state index contributed by atoms with van der Waals surface area (Å²) >= 11 is 0. The van der Waals surface area contributed by atoms with E-state index in [0.717, 1.165) is 29.0 Å². The van der Waals surface area contributed by atoms with Crippen LogP contribution in [0.15, 0.2) is 95.5 Å². The summed E-state index contributed by atoms with van der Waals surface area (Å²) in [5.41, 5.74) is 8.88. The third kappa shape index (κ3) is 3.59. The molecule has 3 aliphatic carbocycles. The Morgan fingerprint density at radius 1 is 1.06 bits per heavy atom. The first kappa shape index (κ1) is 21.5. The first-order chi connectivity index (χ1) is 17.0. The topological polar surface area (TPSA) is 49.7 Å².